The molecule has 2 fully saturated rings. The second-order valence-electron chi connectivity index (χ2n) is 6.19. The zero-order chi connectivity index (χ0) is 14.6. The number of rotatable bonds is 6. The van der Waals surface area contributed by atoms with Crippen LogP contribution < -0.4 is 0 Å². The largest absolute Gasteiger partial charge is 0.327 e. The van der Waals surface area contributed by atoms with E-state index in [-0.39, 0.29) is 11.9 Å². The molecule has 1 aliphatic carbocycles. The first kappa shape index (κ1) is 15.3. The van der Waals surface area contributed by atoms with Crippen molar-refractivity contribution in [1.29, 1.82) is 0 Å². The minimum atomic E-state index is -0.488. The molecule has 0 atom stereocenters. The summed E-state index contributed by atoms with van der Waals surface area (Å²) in [4.78, 5) is 28.9. The first-order valence-electron chi connectivity index (χ1n) is 8.31. The Kier molecular flexibility index (Phi) is 5.06. The molecule has 0 N–H and O–H groups in total. The Labute approximate surface area is 122 Å². The van der Waals surface area contributed by atoms with Gasteiger partial charge in [0.1, 0.15) is 5.54 Å². The van der Waals surface area contributed by atoms with Gasteiger partial charge < -0.3 is 4.90 Å². The zero-order valence-corrected chi connectivity index (χ0v) is 13.0. The van der Waals surface area contributed by atoms with Crippen LogP contribution in [0.15, 0.2) is 0 Å². The van der Waals surface area contributed by atoms with E-state index in [2.05, 4.69) is 13.8 Å². The van der Waals surface area contributed by atoms with E-state index in [0.29, 0.717) is 6.54 Å². The molecule has 0 bridgehead atoms. The van der Waals surface area contributed by atoms with Crippen LogP contribution in [0.2, 0.25) is 0 Å². The summed E-state index contributed by atoms with van der Waals surface area (Å²) in [7, 11) is 0. The van der Waals surface area contributed by atoms with Gasteiger partial charge in [0.25, 0.3) is 5.91 Å². The van der Waals surface area contributed by atoms with Crippen LogP contribution in [0.5, 0.6) is 0 Å². The highest BCUT2D eigenvalue weighted by Crippen LogP contribution is 2.40. The van der Waals surface area contributed by atoms with Gasteiger partial charge in [0, 0.05) is 13.1 Å². The molecule has 1 saturated heterocycles. The number of hydrogen-bond acceptors (Lipinski definition) is 2. The number of amides is 3. The molecular formula is C16H28N2O2. The summed E-state index contributed by atoms with van der Waals surface area (Å²) < 4.78 is 0. The van der Waals surface area contributed by atoms with E-state index in [4.69, 9.17) is 0 Å². The molecular weight excluding hydrogens is 252 g/mol. The number of imide groups is 1. The Bertz CT molecular complexity index is 361. The normalized spacial score (nSPS) is 22.1. The number of hydrogen-bond donors (Lipinski definition) is 0. The van der Waals surface area contributed by atoms with Crippen molar-refractivity contribution in [3.05, 3.63) is 0 Å². The molecule has 1 aliphatic heterocycles. The zero-order valence-electron chi connectivity index (χ0n) is 13.0. The highest BCUT2D eigenvalue weighted by atomic mass is 16.2. The lowest BCUT2D eigenvalue weighted by molar-refractivity contribution is -0.134. The van der Waals surface area contributed by atoms with E-state index in [1.54, 1.807) is 0 Å². The molecule has 3 amide bonds. The lowest BCUT2D eigenvalue weighted by Crippen LogP contribution is -2.51. The number of nitrogens with zero attached hydrogens (tertiary/aromatic N) is 2. The molecule has 1 saturated carbocycles. The summed E-state index contributed by atoms with van der Waals surface area (Å²) in [6.45, 7) is 5.56. The van der Waals surface area contributed by atoms with E-state index in [0.717, 1.165) is 57.9 Å². The molecule has 114 valence electrons. The predicted molar refractivity (Wildman–Crippen MR) is 79.4 cm³/mol. The van der Waals surface area contributed by atoms with Crippen molar-refractivity contribution in [3.8, 4) is 0 Å². The van der Waals surface area contributed by atoms with E-state index in [1.807, 2.05) is 4.90 Å². The smallest absolute Gasteiger partial charge is 0.310 e. The average molecular weight is 280 g/mol. The van der Waals surface area contributed by atoms with Crippen LogP contribution in [-0.4, -0.2) is 40.4 Å². The summed E-state index contributed by atoms with van der Waals surface area (Å²) in [5.41, 5.74) is -0.488. The van der Waals surface area contributed by atoms with Crippen molar-refractivity contribution in [3.63, 3.8) is 0 Å². The topological polar surface area (TPSA) is 40.6 Å². The minimum Gasteiger partial charge on any atom is -0.310 e. The predicted octanol–water partition coefficient (Wildman–Crippen LogP) is 3.55. The van der Waals surface area contributed by atoms with Crippen molar-refractivity contribution in [2.24, 2.45) is 0 Å². The maximum absolute atomic E-state index is 12.8. The summed E-state index contributed by atoms with van der Waals surface area (Å²) >= 11 is 0. The number of urea groups is 1. The van der Waals surface area contributed by atoms with Gasteiger partial charge >= 0.3 is 6.03 Å². The van der Waals surface area contributed by atoms with E-state index in [1.165, 1.54) is 11.3 Å². The monoisotopic (exact) mass is 280 g/mol. The number of carbonyl (C=O) groups excluding carboxylic acids is 2. The summed E-state index contributed by atoms with van der Waals surface area (Å²) in [5.74, 6) is 0.0896. The lowest BCUT2D eigenvalue weighted by atomic mass is 9.80. The molecule has 0 aromatic carbocycles. The van der Waals surface area contributed by atoms with Gasteiger partial charge in [0.15, 0.2) is 0 Å². The van der Waals surface area contributed by atoms with Gasteiger partial charge in [0.2, 0.25) is 0 Å². The maximum Gasteiger partial charge on any atom is 0.327 e. The highest BCUT2D eigenvalue weighted by Gasteiger charge is 2.56. The fraction of sp³-hybridized carbons (Fsp3) is 0.875. The van der Waals surface area contributed by atoms with Crippen molar-refractivity contribution >= 4 is 11.9 Å². The Morgan fingerprint density at radius 1 is 0.950 bits per heavy atom. The van der Waals surface area contributed by atoms with Crippen LogP contribution in [0.1, 0.15) is 71.6 Å². The molecule has 1 spiro atoms. The molecule has 0 unspecified atom stereocenters. The van der Waals surface area contributed by atoms with Gasteiger partial charge in [-0.2, -0.15) is 0 Å². The SMILES string of the molecule is CCCCN1C(=O)N(CCCC)C2(CCCCC2)C1=O. The van der Waals surface area contributed by atoms with Gasteiger partial charge in [-0.3, -0.25) is 9.69 Å². The van der Waals surface area contributed by atoms with Crippen LogP contribution in [0, 0.1) is 0 Å². The Morgan fingerprint density at radius 2 is 1.55 bits per heavy atom. The molecule has 2 rings (SSSR count). The fourth-order valence-electron chi connectivity index (χ4n) is 3.54. The lowest BCUT2D eigenvalue weighted by Gasteiger charge is -2.38. The van der Waals surface area contributed by atoms with Crippen molar-refractivity contribution in [2.45, 2.75) is 77.2 Å². The number of unbranched alkanes of at least 4 members (excludes halogenated alkanes) is 2. The van der Waals surface area contributed by atoms with Crippen molar-refractivity contribution < 1.29 is 9.59 Å². The van der Waals surface area contributed by atoms with Crippen LogP contribution in [0.3, 0.4) is 0 Å². The Balaban J connectivity index is 2.21. The van der Waals surface area contributed by atoms with Gasteiger partial charge in [0.05, 0.1) is 0 Å². The van der Waals surface area contributed by atoms with Gasteiger partial charge in [-0.25, -0.2) is 4.79 Å². The third-order valence-electron chi connectivity index (χ3n) is 4.77. The van der Waals surface area contributed by atoms with Crippen LogP contribution >= 0.6 is 0 Å². The quantitative estimate of drug-likeness (QED) is 0.698. The average Bonchev–Trinajstić information content (AvgIpc) is 2.65. The minimum absolute atomic E-state index is 0.0289. The molecule has 4 heteroatoms. The fourth-order valence-corrected chi connectivity index (χ4v) is 3.54. The van der Waals surface area contributed by atoms with Crippen LogP contribution in [0.25, 0.3) is 0 Å². The third kappa shape index (κ3) is 2.57. The molecule has 0 aromatic heterocycles. The molecule has 20 heavy (non-hydrogen) atoms. The first-order valence-corrected chi connectivity index (χ1v) is 8.31. The summed E-state index contributed by atoms with van der Waals surface area (Å²) in [6, 6.07) is -0.0289. The molecule has 4 nitrogen and oxygen atoms in total. The summed E-state index contributed by atoms with van der Waals surface area (Å²) in [6.07, 6.45) is 9.04. The molecule has 1 heterocycles. The Morgan fingerprint density at radius 3 is 2.15 bits per heavy atom. The van der Waals surface area contributed by atoms with Gasteiger partial charge in [-0.1, -0.05) is 46.0 Å². The Hall–Kier alpha value is -1.06. The number of carbonyl (C=O) groups is 2. The van der Waals surface area contributed by atoms with E-state index < -0.39 is 5.54 Å². The standard InChI is InChI=1S/C16H28N2O2/c1-3-5-12-17-14(19)16(10-8-7-9-11-16)18(15(17)20)13-6-4-2/h3-13H2,1-2H3. The maximum atomic E-state index is 12.8. The second-order valence-corrected chi connectivity index (χ2v) is 6.19. The molecule has 0 radical (unpaired) electrons. The van der Waals surface area contributed by atoms with E-state index in [9.17, 15) is 9.59 Å². The van der Waals surface area contributed by atoms with Gasteiger partial charge in [-0.05, 0) is 25.7 Å². The van der Waals surface area contributed by atoms with Gasteiger partial charge in [-0.15, -0.1) is 0 Å². The van der Waals surface area contributed by atoms with Crippen LogP contribution in [-0.2, 0) is 4.79 Å². The van der Waals surface area contributed by atoms with Crippen molar-refractivity contribution in [1.82, 2.24) is 9.80 Å². The van der Waals surface area contributed by atoms with Crippen LogP contribution in [0.4, 0.5) is 4.79 Å². The summed E-state index contributed by atoms with van der Waals surface area (Å²) in [5, 5.41) is 0. The molecule has 2 aliphatic rings. The van der Waals surface area contributed by atoms with Crippen molar-refractivity contribution in [2.75, 3.05) is 13.1 Å². The highest BCUT2D eigenvalue weighted by molar-refractivity contribution is 6.07. The molecule has 0 aromatic rings. The third-order valence-corrected chi connectivity index (χ3v) is 4.77. The first-order chi connectivity index (χ1) is 9.67. The second kappa shape index (κ2) is 6.59. The van der Waals surface area contributed by atoms with E-state index >= 15 is 0 Å².